The van der Waals surface area contributed by atoms with Gasteiger partial charge in [0.25, 0.3) is 5.91 Å². The number of likely N-dealkylation sites (tertiary alicyclic amines) is 1. The maximum Gasteiger partial charge on any atom is 0.471 e. The van der Waals surface area contributed by atoms with Gasteiger partial charge in [-0.2, -0.15) is 13.2 Å². The van der Waals surface area contributed by atoms with E-state index in [4.69, 9.17) is 28.2 Å². The molecule has 0 radical (unpaired) electrons. The molecule has 6 atom stereocenters. The first-order chi connectivity index (χ1) is 24.4. The predicted octanol–water partition coefficient (Wildman–Crippen LogP) is 6.91. The van der Waals surface area contributed by atoms with Crippen LogP contribution in [0.15, 0.2) is 52.1 Å². The van der Waals surface area contributed by atoms with E-state index >= 15 is 4.39 Å². The van der Waals surface area contributed by atoms with Gasteiger partial charge in [-0.05, 0) is 86.9 Å². The highest BCUT2D eigenvalue weighted by Crippen LogP contribution is 2.58. The zero-order valence-corrected chi connectivity index (χ0v) is 31.1. The molecule has 2 aliphatic carbocycles. The molecule has 5 heterocycles. The maximum atomic E-state index is 15.1. The number of aliphatic imine (C=N–C) groups is 1. The van der Waals surface area contributed by atoms with Crippen molar-refractivity contribution in [3.8, 4) is 0 Å². The van der Waals surface area contributed by atoms with E-state index in [-0.39, 0.29) is 47.8 Å². The van der Waals surface area contributed by atoms with Crippen LogP contribution in [-0.4, -0.2) is 90.4 Å². The molecule has 4 aliphatic heterocycles. The van der Waals surface area contributed by atoms with Gasteiger partial charge < -0.3 is 19.6 Å². The standard InChI is InChI=1S/C36H36Cl2F4N6O3S/c1-17(2)27-28(52-33-44-34(4,21-6-8-26(38)43-14-21)29(48(27)33)19-5-7-22(37)23(39)11-19)31(50)47-24-12-20(24)13-25(47)30(49)45-16-35(9-10-35)46(15-18(45)3)32(51)36(40,41)42/h5-8,11,14,17-18,20,24-25,29H,9-10,12-13,15-16H2,1-4H3/t18-,20+,24+,25-,29+,34-/m0/s1. The molecule has 276 valence electrons. The number of thioether (sulfide) groups is 1. The van der Waals surface area contributed by atoms with E-state index in [0.29, 0.717) is 45.7 Å². The summed E-state index contributed by atoms with van der Waals surface area (Å²) in [6, 6.07) is 5.95. The second-order valence-electron chi connectivity index (χ2n) is 15.3. The number of nitrogens with zero attached hydrogens (tertiary/aromatic N) is 6. The van der Waals surface area contributed by atoms with Crippen molar-refractivity contribution in [2.75, 3.05) is 13.1 Å². The molecule has 8 rings (SSSR count). The van der Waals surface area contributed by atoms with E-state index in [1.54, 1.807) is 35.1 Å². The lowest BCUT2D eigenvalue weighted by Gasteiger charge is -2.47. The smallest absolute Gasteiger partial charge is 0.334 e. The molecule has 2 saturated carbocycles. The van der Waals surface area contributed by atoms with E-state index in [9.17, 15) is 27.6 Å². The van der Waals surface area contributed by atoms with Crippen LogP contribution in [0.4, 0.5) is 17.6 Å². The Hall–Kier alpha value is -3.36. The molecule has 4 fully saturated rings. The lowest BCUT2D eigenvalue weighted by atomic mass is 9.81. The molecule has 9 nitrogen and oxygen atoms in total. The summed E-state index contributed by atoms with van der Waals surface area (Å²) in [5.41, 5.74) is 0.0206. The fourth-order valence-electron chi connectivity index (χ4n) is 8.70. The molecule has 6 aliphatic rings. The number of rotatable bonds is 5. The van der Waals surface area contributed by atoms with Gasteiger partial charge in [0.2, 0.25) is 5.91 Å². The monoisotopic (exact) mass is 778 g/mol. The number of benzene rings is 1. The first kappa shape index (κ1) is 35.7. The molecule has 1 spiro atoms. The summed E-state index contributed by atoms with van der Waals surface area (Å²) in [4.78, 5) is 57.6. The second kappa shape index (κ2) is 12.1. The number of amides is 3. The zero-order valence-electron chi connectivity index (χ0n) is 28.8. The lowest BCUT2D eigenvalue weighted by Crippen LogP contribution is -2.65. The van der Waals surface area contributed by atoms with Crippen molar-refractivity contribution in [2.24, 2.45) is 16.8 Å². The van der Waals surface area contributed by atoms with E-state index in [1.165, 1.54) is 23.9 Å². The highest BCUT2D eigenvalue weighted by molar-refractivity contribution is 8.18. The van der Waals surface area contributed by atoms with Crippen molar-refractivity contribution in [1.29, 1.82) is 0 Å². The average Bonchev–Trinajstić information content (AvgIpc) is 3.93. The number of halogens is 6. The number of aromatic nitrogens is 1. The Balaban J connectivity index is 1.13. The number of hydrogen-bond acceptors (Lipinski definition) is 7. The summed E-state index contributed by atoms with van der Waals surface area (Å²) in [5, 5.41) is 0.834. The average molecular weight is 780 g/mol. The molecule has 0 N–H and O–H groups in total. The number of carbonyl (C=O) groups excluding carboxylic acids is 3. The van der Waals surface area contributed by atoms with Crippen molar-refractivity contribution in [3.63, 3.8) is 0 Å². The van der Waals surface area contributed by atoms with Gasteiger partial charge in [-0.1, -0.05) is 49.2 Å². The molecular weight excluding hydrogens is 743 g/mol. The Labute approximate surface area is 312 Å². The Morgan fingerprint density at radius 3 is 2.42 bits per heavy atom. The highest BCUT2D eigenvalue weighted by Gasteiger charge is 2.63. The van der Waals surface area contributed by atoms with Gasteiger partial charge in [0.15, 0.2) is 5.17 Å². The van der Waals surface area contributed by atoms with Crippen LogP contribution >= 0.6 is 35.0 Å². The number of amidine groups is 1. The van der Waals surface area contributed by atoms with Gasteiger partial charge in [0.1, 0.15) is 27.5 Å². The fraction of sp³-hybridized carbons (Fsp3) is 0.528. The van der Waals surface area contributed by atoms with Crippen LogP contribution in [-0.2, 0) is 19.9 Å². The van der Waals surface area contributed by atoms with Crippen LogP contribution in [0.3, 0.4) is 0 Å². The molecule has 2 aromatic rings. The summed E-state index contributed by atoms with van der Waals surface area (Å²) in [6.07, 6.45) is -1.37. The number of piperazine rings is 1. The number of carbonyl (C=O) groups is 3. The number of piperidine rings is 1. The molecular formula is C36H36Cl2F4N6O3S. The molecule has 2 saturated heterocycles. The van der Waals surface area contributed by atoms with Crippen LogP contribution in [0.1, 0.15) is 70.5 Å². The minimum absolute atomic E-state index is 0.000568. The van der Waals surface area contributed by atoms with Crippen LogP contribution in [0, 0.1) is 17.7 Å². The van der Waals surface area contributed by atoms with Gasteiger partial charge in [-0.3, -0.25) is 14.4 Å². The van der Waals surface area contributed by atoms with Gasteiger partial charge in [-0.15, -0.1) is 0 Å². The first-order valence-corrected chi connectivity index (χ1v) is 18.9. The quantitative estimate of drug-likeness (QED) is 0.242. The van der Waals surface area contributed by atoms with Crippen LogP contribution in [0.2, 0.25) is 10.2 Å². The van der Waals surface area contributed by atoms with Gasteiger partial charge >= 0.3 is 12.1 Å². The van der Waals surface area contributed by atoms with E-state index in [1.807, 2.05) is 31.7 Å². The van der Waals surface area contributed by atoms with E-state index in [2.05, 4.69) is 4.98 Å². The SMILES string of the molecule is CC(C)C1=C(C(=O)N2[C@@H]3C[C@@H]3C[C@H]2C(=O)N2CC3(CC3)N(C(=O)C(F)(F)F)C[C@@H]2C)SC2=N[C@@](C)(c3ccc(Cl)nc3)[C@@H](c3ccc(Cl)c(F)c3)N21. The molecule has 16 heteroatoms. The Kier molecular flexibility index (Phi) is 8.28. The van der Waals surface area contributed by atoms with Crippen molar-refractivity contribution in [1.82, 2.24) is 24.6 Å². The number of alkyl halides is 3. The van der Waals surface area contributed by atoms with Crippen LogP contribution in [0.5, 0.6) is 0 Å². The topological polar surface area (TPSA) is 89.4 Å². The molecule has 0 unspecified atom stereocenters. The lowest BCUT2D eigenvalue weighted by molar-refractivity contribution is -0.193. The molecule has 0 bridgehead atoms. The second-order valence-corrected chi connectivity index (χ2v) is 17.1. The number of fused-ring (bicyclic) bond motifs is 2. The summed E-state index contributed by atoms with van der Waals surface area (Å²) >= 11 is 13.5. The summed E-state index contributed by atoms with van der Waals surface area (Å²) in [7, 11) is 0. The summed E-state index contributed by atoms with van der Waals surface area (Å²) in [6.45, 7) is 7.29. The minimum atomic E-state index is -5.00. The maximum absolute atomic E-state index is 15.1. The summed E-state index contributed by atoms with van der Waals surface area (Å²) in [5.74, 6) is -3.11. The molecule has 3 amide bonds. The zero-order chi connectivity index (χ0) is 37.2. The van der Waals surface area contributed by atoms with Crippen LogP contribution < -0.4 is 0 Å². The Bertz CT molecular complexity index is 1960. The molecule has 52 heavy (non-hydrogen) atoms. The van der Waals surface area contributed by atoms with Gasteiger partial charge in [0.05, 0.1) is 16.6 Å². The van der Waals surface area contributed by atoms with E-state index in [0.717, 1.165) is 16.9 Å². The normalized spacial score (nSPS) is 30.3. The van der Waals surface area contributed by atoms with Gasteiger partial charge in [0, 0.05) is 42.6 Å². The summed E-state index contributed by atoms with van der Waals surface area (Å²) < 4.78 is 55.5. The van der Waals surface area contributed by atoms with Crippen molar-refractivity contribution in [2.45, 2.75) is 94.8 Å². The van der Waals surface area contributed by atoms with Crippen LogP contribution in [0.25, 0.3) is 0 Å². The molecule has 1 aromatic carbocycles. The Morgan fingerprint density at radius 1 is 1.08 bits per heavy atom. The fourth-order valence-corrected chi connectivity index (χ4v) is 10.3. The van der Waals surface area contributed by atoms with Crippen molar-refractivity contribution < 1.29 is 31.9 Å². The Morgan fingerprint density at radius 2 is 1.81 bits per heavy atom. The van der Waals surface area contributed by atoms with Gasteiger partial charge in [-0.25, -0.2) is 14.4 Å². The highest BCUT2D eigenvalue weighted by atomic mass is 35.5. The van der Waals surface area contributed by atoms with E-state index < -0.39 is 47.1 Å². The first-order valence-electron chi connectivity index (χ1n) is 17.3. The molecule has 1 aromatic heterocycles. The van der Waals surface area contributed by atoms with Crippen molar-refractivity contribution in [3.05, 3.63) is 74.3 Å². The largest absolute Gasteiger partial charge is 0.471 e. The third-order valence-electron chi connectivity index (χ3n) is 11.6. The predicted molar refractivity (Wildman–Crippen MR) is 188 cm³/mol. The third-order valence-corrected chi connectivity index (χ3v) is 13.1. The number of allylic oxidation sites excluding steroid dienone is 1. The minimum Gasteiger partial charge on any atom is -0.334 e. The van der Waals surface area contributed by atoms with Crippen molar-refractivity contribution >= 4 is 57.9 Å². The number of hydrogen-bond donors (Lipinski definition) is 0. The third kappa shape index (κ3) is 5.52. The number of pyridine rings is 1.